The van der Waals surface area contributed by atoms with Gasteiger partial charge in [-0.15, -0.1) is 5.16 Å². The number of nitrogens with zero attached hydrogens (tertiary/aromatic N) is 1. The molecule has 0 radical (unpaired) electrons. The van der Waals surface area contributed by atoms with Crippen LogP contribution >= 0.6 is 0 Å². The van der Waals surface area contributed by atoms with E-state index in [9.17, 15) is 0 Å². The molecule has 74 valence electrons. The molecular weight excluding hydrogens is 161 g/mol. The van der Waals surface area contributed by atoms with E-state index in [0.717, 1.165) is 25.5 Å². The first kappa shape index (κ1) is 10.6. The van der Waals surface area contributed by atoms with E-state index in [0.29, 0.717) is 6.92 Å². The number of rotatable bonds is 4. The minimum atomic E-state index is 0.328. The molecule has 0 saturated heterocycles. The van der Waals surface area contributed by atoms with Gasteiger partial charge in [-0.25, -0.2) is 0 Å². The van der Waals surface area contributed by atoms with Crippen molar-refractivity contribution in [2.24, 2.45) is 5.16 Å². The molecule has 1 aliphatic rings. The lowest BCUT2D eigenvalue weighted by Gasteiger charge is -2.13. The summed E-state index contributed by atoms with van der Waals surface area (Å²) >= 11 is 0. The maximum atomic E-state index is 5.47. The van der Waals surface area contributed by atoms with Crippen LogP contribution in [-0.4, -0.2) is 12.6 Å². The average molecular weight is 181 g/mol. The van der Waals surface area contributed by atoms with Crippen molar-refractivity contribution in [3.63, 3.8) is 0 Å². The second kappa shape index (κ2) is 6.06. The molecule has 0 spiro atoms. The van der Waals surface area contributed by atoms with Crippen molar-refractivity contribution in [1.82, 2.24) is 0 Å². The van der Waals surface area contributed by atoms with Gasteiger partial charge in [0, 0.05) is 0 Å². The van der Waals surface area contributed by atoms with Gasteiger partial charge in [0.15, 0.2) is 0 Å². The van der Waals surface area contributed by atoms with Crippen molar-refractivity contribution >= 4 is 12.6 Å². The van der Waals surface area contributed by atoms with Gasteiger partial charge >= 0.3 is 6.92 Å². The van der Waals surface area contributed by atoms with Crippen LogP contribution in [0.5, 0.6) is 0 Å². The molecule has 0 heterocycles. The van der Waals surface area contributed by atoms with Crippen LogP contribution in [0.15, 0.2) is 5.16 Å². The Morgan fingerprint density at radius 2 is 1.77 bits per heavy atom. The third-order valence-electron chi connectivity index (χ3n) is 2.67. The third kappa shape index (κ3) is 3.84. The van der Waals surface area contributed by atoms with Crippen molar-refractivity contribution in [2.45, 2.75) is 58.6 Å². The first-order valence-corrected chi connectivity index (χ1v) is 5.58. The predicted octanol–water partition coefficient (Wildman–Crippen LogP) is 3.35. The summed E-state index contributed by atoms with van der Waals surface area (Å²) in [5.41, 5.74) is 1.28. The summed E-state index contributed by atoms with van der Waals surface area (Å²) in [5.74, 6) is 0. The number of hydrogen-bond donors (Lipinski definition) is 0. The molecule has 3 heteroatoms. The first-order chi connectivity index (χ1) is 6.36. The van der Waals surface area contributed by atoms with Crippen LogP contribution in [0.4, 0.5) is 0 Å². The second-order valence-corrected chi connectivity index (χ2v) is 3.76. The van der Waals surface area contributed by atoms with Crippen LogP contribution in [0, 0.1) is 0 Å². The zero-order valence-corrected chi connectivity index (χ0v) is 8.88. The van der Waals surface area contributed by atoms with E-state index in [1.807, 2.05) is 0 Å². The Labute approximate surface area is 81.8 Å². The van der Waals surface area contributed by atoms with Crippen LogP contribution in [0.2, 0.25) is 12.6 Å². The minimum Gasteiger partial charge on any atom is -0.470 e. The lowest BCUT2D eigenvalue weighted by atomic mass is 9.63. The molecule has 1 aliphatic carbocycles. The third-order valence-corrected chi connectivity index (χ3v) is 2.67. The Hall–Kier alpha value is -0.465. The monoisotopic (exact) mass is 181 g/mol. The normalized spacial score (nSPS) is 16.9. The summed E-state index contributed by atoms with van der Waals surface area (Å²) in [5, 5.41) is 4.24. The van der Waals surface area contributed by atoms with Gasteiger partial charge in [0.25, 0.3) is 0 Å². The van der Waals surface area contributed by atoms with Gasteiger partial charge in [0.05, 0.1) is 5.71 Å². The van der Waals surface area contributed by atoms with Gasteiger partial charge in [-0.2, -0.15) is 0 Å². The van der Waals surface area contributed by atoms with Gasteiger partial charge in [-0.1, -0.05) is 20.3 Å². The molecule has 1 rings (SSSR count). The average Bonchev–Trinajstić information content (AvgIpc) is 2.21. The molecule has 1 fully saturated rings. The van der Waals surface area contributed by atoms with Crippen LogP contribution in [-0.2, 0) is 4.76 Å². The fourth-order valence-electron chi connectivity index (χ4n) is 1.64. The summed E-state index contributed by atoms with van der Waals surface area (Å²) in [7, 11) is 0. The number of hydrogen-bond acceptors (Lipinski definition) is 2. The van der Waals surface area contributed by atoms with Crippen molar-refractivity contribution in [3.05, 3.63) is 0 Å². The SMILES string of the molecule is CCB(CC)ON=C1CCCCC1. The Bertz CT molecular complexity index is 158. The highest BCUT2D eigenvalue weighted by Crippen LogP contribution is 2.15. The molecule has 0 amide bonds. The molecule has 1 saturated carbocycles. The van der Waals surface area contributed by atoms with Crippen LogP contribution in [0.1, 0.15) is 46.0 Å². The zero-order chi connectivity index (χ0) is 9.52. The summed E-state index contributed by atoms with van der Waals surface area (Å²) in [6.45, 7) is 4.62. The van der Waals surface area contributed by atoms with E-state index in [-0.39, 0.29) is 0 Å². The Morgan fingerprint density at radius 1 is 1.15 bits per heavy atom. The first-order valence-electron chi connectivity index (χ1n) is 5.58. The molecule has 0 N–H and O–H groups in total. The molecule has 0 aliphatic heterocycles. The van der Waals surface area contributed by atoms with Gasteiger partial charge < -0.3 is 4.76 Å². The van der Waals surface area contributed by atoms with Crippen molar-refractivity contribution < 1.29 is 4.76 Å². The van der Waals surface area contributed by atoms with E-state index >= 15 is 0 Å². The van der Waals surface area contributed by atoms with Crippen molar-refractivity contribution in [1.29, 1.82) is 0 Å². The van der Waals surface area contributed by atoms with Gasteiger partial charge in [0.2, 0.25) is 0 Å². The zero-order valence-electron chi connectivity index (χ0n) is 8.88. The topological polar surface area (TPSA) is 21.6 Å². The van der Waals surface area contributed by atoms with Crippen LogP contribution < -0.4 is 0 Å². The van der Waals surface area contributed by atoms with Crippen LogP contribution in [0.25, 0.3) is 0 Å². The van der Waals surface area contributed by atoms with Crippen LogP contribution in [0.3, 0.4) is 0 Å². The van der Waals surface area contributed by atoms with E-state index in [2.05, 4.69) is 19.0 Å². The maximum Gasteiger partial charge on any atom is 0.393 e. The molecule has 0 aromatic rings. The summed E-state index contributed by atoms with van der Waals surface area (Å²) < 4.78 is 5.47. The lowest BCUT2D eigenvalue weighted by molar-refractivity contribution is 0.339. The largest absolute Gasteiger partial charge is 0.470 e. The predicted molar refractivity (Wildman–Crippen MR) is 58.3 cm³/mol. The highest BCUT2D eigenvalue weighted by molar-refractivity contribution is 6.51. The van der Waals surface area contributed by atoms with E-state index in [1.54, 1.807) is 0 Å². The lowest BCUT2D eigenvalue weighted by Crippen LogP contribution is -2.14. The molecule has 0 unspecified atom stereocenters. The summed E-state index contributed by atoms with van der Waals surface area (Å²) in [6.07, 6.45) is 8.39. The maximum absolute atomic E-state index is 5.47. The van der Waals surface area contributed by atoms with Gasteiger partial charge in [0.1, 0.15) is 0 Å². The minimum absolute atomic E-state index is 0.328. The number of oxime groups is 1. The summed E-state index contributed by atoms with van der Waals surface area (Å²) in [6, 6.07) is 0. The fourth-order valence-corrected chi connectivity index (χ4v) is 1.64. The standard InChI is InChI=1S/C10H20BNO/c1-3-11(4-2)13-12-10-8-6-5-7-9-10/h3-9H2,1-2H3. The summed E-state index contributed by atoms with van der Waals surface area (Å²) in [4.78, 5) is 0. The Kier molecular flexibility index (Phi) is 4.95. The quantitative estimate of drug-likeness (QED) is 0.481. The second-order valence-electron chi connectivity index (χ2n) is 3.76. The van der Waals surface area contributed by atoms with E-state index in [1.165, 1.54) is 25.0 Å². The molecule has 13 heavy (non-hydrogen) atoms. The molecule has 0 aromatic heterocycles. The van der Waals surface area contributed by atoms with Crippen molar-refractivity contribution in [2.75, 3.05) is 0 Å². The van der Waals surface area contributed by atoms with E-state index < -0.39 is 0 Å². The molecule has 0 bridgehead atoms. The molecule has 0 atom stereocenters. The molecular formula is C10H20BNO. The highest BCUT2D eigenvalue weighted by Gasteiger charge is 2.13. The fraction of sp³-hybridized carbons (Fsp3) is 0.900. The Balaban J connectivity index is 2.27. The Morgan fingerprint density at radius 3 is 2.31 bits per heavy atom. The molecule has 2 nitrogen and oxygen atoms in total. The van der Waals surface area contributed by atoms with Gasteiger partial charge in [-0.05, 0) is 38.3 Å². The van der Waals surface area contributed by atoms with Crippen molar-refractivity contribution in [3.8, 4) is 0 Å². The smallest absolute Gasteiger partial charge is 0.393 e. The van der Waals surface area contributed by atoms with Gasteiger partial charge in [-0.3, -0.25) is 0 Å². The molecule has 0 aromatic carbocycles. The highest BCUT2D eigenvalue weighted by atomic mass is 16.6. The van der Waals surface area contributed by atoms with E-state index in [4.69, 9.17) is 4.76 Å².